The van der Waals surface area contributed by atoms with Crippen molar-refractivity contribution >= 4 is 30.6 Å². The molecule has 0 saturated heterocycles. The van der Waals surface area contributed by atoms with Crippen LogP contribution in [0.3, 0.4) is 0 Å². The molecule has 0 aromatic heterocycles. The van der Waals surface area contributed by atoms with Crippen LogP contribution in [-0.4, -0.2) is 12.5 Å². The van der Waals surface area contributed by atoms with Crippen molar-refractivity contribution in [1.29, 1.82) is 0 Å². The van der Waals surface area contributed by atoms with Gasteiger partial charge in [-0.2, -0.15) is 0 Å². The molecule has 0 unspecified atom stereocenters. The lowest BCUT2D eigenvalue weighted by Crippen LogP contribution is -2.12. The second-order valence-electron chi connectivity index (χ2n) is 4.93. The van der Waals surface area contributed by atoms with Gasteiger partial charge in [0.2, 0.25) is 0 Å². The zero-order valence-electron chi connectivity index (χ0n) is 12.7. The first-order valence-electron chi connectivity index (χ1n) is 7.02. The number of benzene rings is 2. The summed E-state index contributed by atoms with van der Waals surface area (Å²) in [6.45, 7) is 4.08. The molecule has 22 heavy (non-hydrogen) atoms. The van der Waals surface area contributed by atoms with E-state index >= 15 is 0 Å². The van der Waals surface area contributed by atoms with Gasteiger partial charge in [0.1, 0.15) is 0 Å². The van der Waals surface area contributed by atoms with Crippen molar-refractivity contribution in [1.82, 2.24) is 0 Å². The van der Waals surface area contributed by atoms with Crippen LogP contribution in [0, 0.1) is 13.8 Å². The Bertz CT molecular complexity index is 627. The Balaban J connectivity index is 2.26. The van der Waals surface area contributed by atoms with Gasteiger partial charge in [-0.25, -0.2) is 4.57 Å². The van der Waals surface area contributed by atoms with Crippen LogP contribution in [0.15, 0.2) is 48.5 Å². The van der Waals surface area contributed by atoms with Crippen LogP contribution in [0.5, 0.6) is 0 Å². The normalized spacial score (nSPS) is 11.2. The fraction of sp³-hybridized carbons (Fsp3) is 0.250. The molecule has 2 rings (SSSR count). The highest BCUT2D eigenvalue weighted by atomic mass is 35.5. The third kappa shape index (κ3) is 4.51. The van der Waals surface area contributed by atoms with Crippen molar-refractivity contribution in [3.8, 4) is 0 Å². The minimum Gasteiger partial charge on any atom is -0.298 e. The summed E-state index contributed by atoms with van der Waals surface area (Å²) < 4.78 is 18.6. The molecule has 0 aliphatic rings. The number of hydrogen-bond acceptors (Lipinski definition) is 2. The molecule has 2 aromatic carbocycles. The monoisotopic (exact) mass is 338 g/mol. The highest BCUT2D eigenvalue weighted by Gasteiger charge is 2.24. The van der Waals surface area contributed by atoms with Crippen LogP contribution < -0.4 is 10.2 Å². The summed E-state index contributed by atoms with van der Waals surface area (Å²) in [5, 5.41) is 6.00. The van der Waals surface area contributed by atoms with Crippen LogP contribution in [0.2, 0.25) is 0 Å². The van der Waals surface area contributed by atoms with E-state index in [2.05, 4.69) is 10.2 Å². The van der Waals surface area contributed by atoms with Gasteiger partial charge in [-0.15, -0.1) is 11.6 Å². The number of alkyl halides is 1. The highest BCUT2D eigenvalue weighted by molar-refractivity contribution is 7.62. The molecule has 0 amide bonds. The van der Waals surface area contributed by atoms with Crippen molar-refractivity contribution in [2.75, 3.05) is 22.7 Å². The minimum absolute atomic E-state index is 0.191. The predicted octanol–water partition coefficient (Wildman–Crippen LogP) is 5.19. The zero-order chi connectivity index (χ0) is 16.0. The molecular formula is C16H20ClN2O2P. The molecule has 0 fully saturated rings. The third-order valence-corrected chi connectivity index (χ3v) is 4.95. The lowest BCUT2D eigenvalue weighted by atomic mass is 10.2. The average Bonchev–Trinajstić information content (AvgIpc) is 2.50. The summed E-state index contributed by atoms with van der Waals surface area (Å²) in [5.74, 6) is 0.273. The first-order chi connectivity index (χ1) is 10.5. The highest BCUT2D eigenvalue weighted by Crippen LogP contribution is 2.47. The van der Waals surface area contributed by atoms with Crippen molar-refractivity contribution in [3.05, 3.63) is 59.7 Å². The van der Waals surface area contributed by atoms with Gasteiger partial charge in [0, 0.05) is 17.3 Å². The number of aryl methyl sites for hydroxylation is 2. The van der Waals surface area contributed by atoms with E-state index in [0.29, 0.717) is 0 Å². The van der Waals surface area contributed by atoms with Gasteiger partial charge in [-0.3, -0.25) is 14.7 Å². The van der Waals surface area contributed by atoms with E-state index in [-0.39, 0.29) is 12.5 Å². The number of rotatable bonds is 7. The summed E-state index contributed by atoms with van der Waals surface area (Å²) in [6, 6.07) is 15.3. The summed E-state index contributed by atoms with van der Waals surface area (Å²) >= 11 is 5.67. The Morgan fingerprint density at radius 3 is 1.82 bits per heavy atom. The molecule has 0 bridgehead atoms. The molecule has 0 radical (unpaired) electrons. The molecular weight excluding hydrogens is 319 g/mol. The van der Waals surface area contributed by atoms with E-state index in [1.165, 1.54) is 0 Å². The fourth-order valence-electron chi connectivity index (χ4n) is 1.97. The molecule has 2 aromatic rings. The van der Waals surface area contributed by atoms with Crippen molar-refractivity contribution in [3.63, 3.8) is 0 Å². The summed E-state index contributed by atoms with van der Waals surface area (Å²) in [5.41, 5.74) is 3.51. The van der Waals surface area contributed by atoms with Gasteiger partial charge in [0.15, 0.2) is 0 Å². The first kappa shape index (κ1) is 16.9. The quantitative estimate of drug-likeness (QED) is 0.538. The predicted molar refractivity (Wildman–Crippen MR) is 93.9 cm³/mol. The summed E-state index contributed by atoms with van der Waals surface area (Å²) in [7, 11) is -3.32. The molecule has 0 saturated carbocycles. The first-order valence-corrected chi connectivity index (χ1v) is 9.18. The number of anilines is 2. The maximum absolute atomic E-state index is 13.1. The number of hydrogen-bond donors (Lipinski definition) is 2. The number of halogens is 1. The molecule has 0 spiro atoms. The third-order valence-electron chi connectivity index (χ3n) is 3.18. The van der Waals surface area contributed by atoms with E-state index in [1.807, 2.05) is 62.4 Å². The average molecular weight is 339 g/mol. The molecule has 0 aliphatic heterocycles. The van der Waals surface area contributed by atoms with Gasteiger partial charge < -0.3 is 0 Å². The summed E-state index contributed by atoms with van der Waals surface area (Å²) in [6.07, 6.45) is 0. The van der Waals surface area contributed by atoms with Crippen molar-refractivity contribution in [2.45, 2.75) is 13.8 Å². The Hall–Kier alpha value is -1.48. The van der Waals surface area contributed by atoms with Crippen LogP contribution in [0.4, 0.5) is 11.4 Å². The second kappa shape index (κ2) is 7.68. The maximum atomic E-state index is 13.1. The minimum atomic E-state index is -3.32. The van der Waals surface area contributed by atoms with E-state index in [0.717, 1.165) is 22.5 Å². The van der Waals surface area contributed by atoms with Crippen LogP contribution in [0.25, 0.3) is 0 Å². The molecule has 0 heterocycles. The van der Waals surface area contributed by atoms with Gasteiger partial charge >= 0.3 is 7.67 Å². The second-order valence-corrected chi connectivity index (χ2v) is 7.11. The van der Waals surface area contributed by atoms with Crippen molar-refractivity contribution < 1.29 is 9.09 Å². The molecule has 4 nitrogen and oxygen atoms in total. The van der Waals surface area contributed by atoms with E-state index in [4.69, 9.17) is 16.1 Å². The Morgan fingerprint density at radius 1 is 0.955 bits per heavy atom. The van der Waals surface area contributed by atoms with Gasteiger partial charge in [-0.1, -0.05) is 36.4 Å². The molecule has 6 heteroatoms. The van der Waals surface area contributed by atoms with E-state index in [9.17, 15) is 4.57 Å². The number of nitrogens with one attached hydrogen (secondary N) is 2. The molecule has 0 atom stereocenters. The van der Waals surface area contributed by atoms with E-state index in [1.54, 1.807) is 0 Å². The molecule has 0 aliphatic carbocycles. The van der Waals surface area contributed by atoms with Crippen LogP contribution >= 0.6 is 19.3 Å². The topological polar surface area (TPSA) is 50.4 Å². The fourth-order valence-corrected chi connectivity index (χ4v) is 3.82. The Morgan fingerprint density at radius 2 is 1.41 bits per heavy atom. The molecule has 118 valence electrons. The lowest BCUT2D eigenvalue weighted by Gasteiger charge is -2.23. The van der Waals surface area contributed by atoms with Gasteiger partial charge in [0.05, 0.1) is 6.61 Å². The Labute approximate surface area is 136 Å². The van der Waals surface area contributed by atoms with Gasteiger partial charge in [0.25, 0.3) is 0 Å². The Kier molecular flexibility index (Phi) is 5.90. The smallest absolute Gasteiger partial charge is 0.298 e. The zero-order valence-corrected chi connectivity index (χ0v) is 14.3. The lowest BCUT2D eigenvalue weighted by molar-refractivity contribution is 0.343. The maximum Gasteiger partial charge on any atom is 0.391 e. The van der Waals surface area contributed by atoms with E-state index < -0.39 is 7.67 Å². The number of para-hydroxylation sites is 2. The van der Waals surface area contributed by atoms with Crippen LogP contribution in [-0.2, 0) is 9.09 Å². The standard InChI is InChI=1S/C16H20ClN2O2P/c1-13-7-3-5-9-15(13)18-22(20,21-12-11-17)19-16-10-6-4-8-14(16)2/h3-10H,11-12H2,1-2H3,(H2,18,19,20). The van der Waals surface area contributed by atoms with Crippen molar-refractivity contribution in [2.24, 2.45) is 0 Å². The largest absolute Gasteiger partial charge is 0.391 e. The summed E-state index contributed by atoms with van der Waals surface area (Å²) in [4.78, 5) is 0. The SMILES string of the molecule is Cc1ccccc1NP(=O)(Nc1ccccc1C)OCCCl. The van der Waals surface area contributed by atoms with Gasteiger partial charge in [-0.05, 0) is 37.1 Å². The molecule has 2 N–H and O–H groups in total. The van der Waals surface area contributed by atoms with Crippen LogP contribution in [0.1, 0.15) is 11.1 Å².